The molecular formula is C43H25N5O. The fraction of sp³-hybridized carbons (Fsp3) is 0. The number of fused-ring (bicyclic) bond motifs is 11. The number of benzene rings is 6. The van der Waals surface area contributed by atoms with E-state index in [2.05, 4.69) is 135 Å². The SMILES string of the molecule is c1ccc2cc(-c3nc(-n4c5ccccc5c5c6c7ccccc7n(-c7ccncc7)c6ccc54)nc4oc5ccccc5c34)ccc2c1. The van der Waals surface area contributed by atoms with Gasteiger partial charge >= 0.3 is 0 Å². The Morgan fingerprint density at radius 2 is 1.10 bits per heavy atom. The predicted octanol–water partition coefficient (Wildman–Crippen LogP) is 10.8. The van der Waals surface area contributed by atoms with Gasteiger partial charge in [0.2, 0.25) is 11.7 Å². The van der Waals surface area contributed by atoms with Gasteiger partial charge in [0, 0.05) is 50.6 Å². The van der Waals surface area contributed by atoms with Crippen LogP contribution in [0, 0.1) is 0 Å². The quantitative estimate of drug-likeness (QED) is 0.196. The molecule has 0 aliphatic carbocycles. The number of pyridine rings is 1. The molecule has 0 saturated carbocycles. The zero-order chi connectivity index (χ0) is 32.1. The van der Waals surface area contributed by atoms with Crippen molar-refractivity contribution in [3.63, 3.8) is 0 Å². The number of hydrogen-bond acceptors (Lipinski definition) is 4. The van der Waals surface area contributed by atoms with Gasteiger partial charge in [-0.2, -0.15) is 4.98 Å². The number of nitrogens with zero attached hydrogens (tertiary/aromatic N) is 5. The Hall–Kier alpha value is -6.79. The van der Waals surface area contributed by atoms with Gasteiger partial charge in [0.25, 0.3) is 0 Å². The number of rotatable bonds is 3. The Morgan fingerprint density at radius 3 is 1.88 bits per heavy atom. The van der Waals surface area contributed by atoms with E-state index in [0.29, 0.717) is 11.7 Å². The Balaban J connectivity index is 1.27. The van der Waals surface area contributed by atoms with Gasteiger partial charge in [0.15, 0.2) is 0 Å². The smallest absolute Gasteiger partial charge is 0.238 e. The fourth-order valence-corrected chi connectivity index (χ4v) is 7.76. The van der Waals surface area contributed by atoms with E-state index >= 15 is 0 Å². The lowest BCUT2D eigenvalue weighted by molar-refractivity contribution is 0.651. The average Bonchev–Trinajstić information content (AvgIpc) is 3.82. The van der Waals surface area contributed by atoms with Crippen molar-refractivity contribution in [2.75, 3.05) is 0 Å². The van der Waals surface area contributed by atoms with Crippen LogP contribution in [0.15, 0.2) is 156 Å². The monoisotopic (exact) mass is 627 g/mol. The molecule has 0 spiro atoms. The summed E-state index contributed by atoms with van der Waals surface area (Å²) in [6.07, 6.45) is 3.69. The lowest BCUT2D eigenvalue weighted by Gasteiger charge is -2.10. The van der Waals surface area contributed by atoms with Crippen LogP contribution in [-0.4, -0.2) is 24.1 Å². The molecule has 6 aromatic carbocycles. The zero-order valence-electron chi connectivity index (χ0n) is 26.1. The molecule has 6 heteroatoms. The van der Waals surface area contributed by atoms with Crippen molar-refractivity contribution in [1.29, 1.82) is 0 Å². The molecule has 0 aliphatic rings. The van der Waals surface area contributed by atoms with E-state index < -0.39 is 0 Å². The second kappa shape index (κ2) is 9.86. The van der Waals surface area contributed by atoms with E-state index in [1.165, 1.54) is 16.2 Å². The van der Waals surface area contributed by atoms with Crippen LogP contribution in [0.4, 0.5) is 0 Å². The minimum atomic E-state index is 0.565. The molecule has 0 atom stereocenters. The maximum absolute atomic E-state index is 6.47. The largest absolute Gasteiger partial charge is 0.437 e. The maximum Gasteiger partial charge on any atom is 0.238 e. The van der Waals surface area contributed by atoms with E-state index in [-0.39, 0.29) is 0 Å². The molecule has 0 bridgehead atoms. The molecule has 0 N–H and O–H groups in total. The number of para-hydroxylation sites is 3. The lowest BCUT2D eigenvalue weighted by atomic mass is 10.0. The first kappa shape index (κ1) is 26.3. The topological polar surface area (TPSA) is 61.7 Å². The van der Waals surface area contributed by atoms with Gasteiger partial charge in [-0.25, -0.2) is 4.98 Å². The molecular weight excluding hydrogens is 603 g/mol. The van der Waals surface area contributed by atoms with E-state index in [4.69, 9.17) is 14.4 Å². The zero-order valence-corrected chi connectivity index (χ0v) is 26.1. The van der Waals surface area contributed by atoms with Gasteiger partial charge in [-0.05, 0) is 59.3 Å². The first-order valence-corrected chi connectivity index (χ1v) is 16.4. The average molecular weight is 628 g/mol. The molecule has 0 amide bonds. The summed E-state index contributed by atoms with van der Waals surface area (Å²) in [6.45, 7) is 0. The van der Waals surface area contributed by atoms with Crippen molar-refractivity contribution in [3.8, 4) is 22.9 Å². The number of hydrogen-bond donors (Lipinski definition) is 0. The molecule has 49 heavy (non-hydrogen) atoms. The molecule has 0 unspecified atom stereocenters. The maximum atomic E-state index is 6.47. The van der Waals surface area contributed by atoms with Crippen LogP contribution >= 0.6 is 0 Å². The van der Waals surface area contributed by atoms with Gasteiger partial charge < -0.3 is 8.98 Å². The Labute approximate surface area is 279 Å². The van der Waals surface area contributed by atoms with E-state index in [1.807, 2.05) is 30.6 Å². The molecule has 11 aromatic rings. The summed E-state index contributed by atoms with van der Waals surface area (Å²) in [4.78, 5) is 14.9. The number of aromatic nitrogens is 5. The van der Waals surface area contributed by atoms with Crippen LogP contribution in [0.2, 0.25) is 0 Å². The highest BCUT2D eigenvalue weighted by Crippen LogP contribution is 2.43. The van der Waals surface area contributed by atoms with Crippen molar-refractivity contribution < 1.29 is 4.42 Å². The van der Waals surface area contributed by atoms with Crippen LogP contribution in [0.25, 0.3) is 99.3 Å². The molecule has 5 aromatic heterocycles. The van der Waals surface area contributed by atoms with Crippen molar-refractivity contribution in [2.45, 2.75) is 0 Å². The lowest BCUT2D eigenvalue weighted by Crippen LogP contribution is -2.03. The summed E-state index contributed by atoms with van der Waals surface area (Å²) in [5.41, 5.74) is 8.63. The van der Waals surface area contributed by atoms with Crippen LogP contribution in [0.1, 0.15) is 0 Å². The normalized spacial score (nSPS) is 12.1. The molecule has 0 saturated heterocycles. The molecule has 0 radical (unpaired) electrons. The summed E-state index contributed by atoms with van der Waals surface area (Å²) >= 11 is 0. The second-order valence-electron chi connectivity index (χ2n) is 12.5. The Bertz CT molecular complexity index is 3110. The first-order valence-electron chi connectivity index (χ1n) is 16.4. The van der Waals surface area contributed by atoms with Gasteiger partial charge in [-0.1, -0.05) is 91.0 Å². The molecule has 228 valence electrons. The van der Waals surface area contributed by atoms with Crippen LogP contribution in [0.5, 0.6) is 0 Å². The summed E-state index contributed by atoms with van der Waals surface area (Å²) in [7, 11) is 0. The minimum Gasteiger partial charge on any atom is -0.437 e. The van der Waals surface area contributed by atoms with E-state index in [9.17, 15) is 0 Å². The first-order chi connectivity index (χ1) is 24.3. The summed E-state index contributed by atoms with van der Waals surface area (Å²) in [5.74, 6) is 0.568. The van der Waals surface area contributed by atoms with Crippen molar-refractivity contribution in [1.82, 2.24) is 24.1 Å². The highest BCUT2D eigenvalue weighted by molar-refractivity contribution is 6.29. The summed E-state index contributed by atoms with van der Waals surface area (Å²) in [6, 6.07) is 48.8. The Kier molecular flexibility index (Phi) is 5.29. The van der Waals surface area contributed by atoms with Crippen molar-refractivity contribution >= 4 is 76.5 Å². The predicted molar refractivity (Wildman–Crippen MR) is 199 cm³/mol. The third-order valence-electron chi connectivity index (χ3n) is 9.84. The van der Waals surface area contributed by atoms with Crippen LogP contribution in [0.3, 0.4) is 0 Å². The molecule has 6 nitrogen and oxygen atoms in total. The Morgan fingerprint density at radius 1 is 0.469 bits per heavy atom. The van der Waals surface area contributed by atoms with E-state index in [0.717, 1.165) is 71.5 Å². The molecule has 5 heterocycles. The van der Waals surface area contributed by atoms with Gasteiger partial charge in [-0.3, -0.25) is 9.55 Å². The summed E-state index contributed by atoms with van der Waals surface area (Å²) in [5, 5.41) is 8.95. The summed E-state index contributed by atoms with van der Waals surface area (Å²) < 4.78 is 11.0. The van der Waals surface area contributed by atoms with Crippen molar-refractivity contribution in [3.05, 3.63) is 152 Å². The van der Waals surface area contributed by atoms with Crippen LogP contribution in [-0.2, 0) is 0 Å². The third-order valence-corrected chi connectivity index (χ3v) is 9.84. The number of furan rings is 1. The fourth-order valence-electron chi connectivity index (χ4n) is 7.76. The van der Waals surface area contributed by atoms with Gasteiger partial charge in [0.05, 0.1) is 33.1 Å². The molecule has 0 aliphatic heterocycles. The molecule has 11 rings (SSSR count). The highest BCUT2D eigenvalue weighted by atomic mass is 16.3. The van der Waals surface area contributed by atoms with Gasteiger partial charge in [0.1, 0.15) is 5.58 Å². The van der Waals surface area contributed by atoms with Gasteiger partial charge in [-0.15, -0.1) is 0 Å². The third kappa shape index (κ3) is 3.68. The second-order valence-corrected chi connectivity index (χ2v) is 12.5. The van der Waals surface area contributed by atoms with Crippen LogP contribution < -0.4 is 0 Å². The standard InChI is InChI=1S/C43H25N5O/c1-2-10-27-25-28(18-17-26(27)9-1)41-40-32-13-5-8-16-37(32)49-42(40)46-43(45-41)48-34-15-7-4-12-31(34)39-36(48)20-19-35-38(39)30-11-3-6-14-33(30)47(35)29-21-23-44-24-22-29/h1-25H. The van der Waals surface area contributed by atoms with Crippen molar-refractivity contribution in [2.24, 2.45) is 0 Å². The molecule has 0 fully saturated rings. The highest BCUT2D eigenvalue weighted by Gasteiger charge is 2.24. The minimum absolute atomic E-state index is 0.565. The van der Waals surface area contributed by atoms with E-state index in [1.54, 1.807) is 0 Å².